The summed E-state index contributed by atoms with van der Waals surface area (Å²) in [5.74, 6) is -1.06. The number of nitrogens with one attached hydrogen (secondary N) is 2. The third kappa shape index (κ3) is 4.66. The first-order valence-corrected chi connectivity index (χ1v) is 10.7. The number of hydrogen-bond acceptors (Lipinski definition) is 5. The number of pyridine rings is 1. The number of carbonyl (C=O) groups excluding carboxylic acids is 2. The van der Waals surface area contributed by atoms with Crippen molar-refractivity contribution in [2.75, 3.05) is 12.4 Å². The highest BCUT2D eigenvalue weighted by molar-refractivity contribution is 7.21. The lowest BCUT2D eigenvalue weighted by atomic mass is 10.1. The van der Waals surface area contributed by atoms with Gasteiger partial charge in [-0.05, 0) is 42.5 Å². The van der Waals surface area contributed by atoms with Crippen molar-refractivity contribution in [1.29, 1.82) is 0 Å². The third-order valence-electron chi connectivity index (χ3n) is 4.80. The summed E-state index contributed by atoms with van der Waals surface area (Å²) in [6, 6.07) is 16.9. The zero-order valence-electron chi connectivity index (χ0n) is 17.2. The molecule has 0 saturated carbocycles. The van der Waals surface area contributed by atoms with Crippen LogP contribution in [0.4, 0.5) is 10.1 Å². The number of rotatable bonds is 7. The van der Waals surface area contributed by atoms with Crippen LogP contribution in [0.25, 0.3) is 10.1 Å². The summed E-state index contributed by atoms with van der Waals surface area (Å²) in [6.07, 6.45) is 1.66. The fourth-order valence-electron chi connectivity index (χ4n) is 3.33. The second kappa shape index (κ2) is 9.67. The molecule has 0 radical (unpaired) electrons. The van der Waals surface area contributed by atoms with Crippen molar-refractivity contribution in [2.24, 2.45) is 0 Å². The van der Waals surface area contributed by atoms with Crippen LogP contribution in [0, 0.1) is 5.82 Å². The van der Waals surface area contributed by atoms with E-state index in [-0.39, 0.29) is 18.4 Å². The van der Waals surface area contributed by atoms with Gasteiger partial charge in [-0.25, -0.2) is 4.39 Å². The maximum atomic E-state index is 14.4. The highest BCUT2D eigenvalue weighted by atomic mass is 32.1. The Morgan fingerprint density at radius 2 is 1.91 bits per heavy atom. The minimum atomic E-state index is -0.392. The third-order valence-corrected chi connectivity index (χ3v) is 5.99. The number of nitrogens with zero attached hydrogens (tertiary/aromatic N) is 1. The maximum absolute atomic E-state index is 14.4. The van der Waals surface area contributed by atoms with Gasteiger partial charge in [-0.2, -0.15) is 0 Å². The van der Waals surface area contributed by atoms with Gasteiger partial charge < -0.3 is 15.4 Å². The highest BCUT2D eigenvalue weighted by Crippen LogP contribution is 2.34. The Morgan fingerprint density at radius 3 is 2.69 bits per heavy atom. The number of benzene rings is 2. The van der Waals surface area contributed by atoms with Crippen LogP contribution in [0.2, 0.25) is 0 Å². The van der Waals surface area contributed by atoms with Gasteiger partial charge in [-0.15, -0.1) is 11.3 Å². The molecular weight excluding hydrogens is 429 g/mol. The fraction of sp³-hybridized carbons (Fsp3) is 0.125. The van der Waals surface area contributed by atoms with Crippen molar-refractivity contribution < 1.29 is 18.7 Å². The van der Waals surface area contributed by atoms with E-state index in [4.69, 9.17) is 4.74 Å². The standard InChI is InChI=1S/C24H20FN3O3S/c1-31-14-18-21-19(25)9-5-10-20(21)32-22(18)24(30)28-16-8-4-6-15(12-16)23(29)27-13-17-7-2-3-11-26-17/h2-12H,13-14H2,1H3,(H,27,29)(H,28,30). The van der Waals surface area contributed by atoms with Crippen LogP contribution in [0.5, 0.6) is 0 Å². The van der Waals surface area contributed by atoms with Crippen LogP contribution in [0.1, 0.15) is 31.3 Å². The molecule has 0 fully saturated rings. The summed E-state index contributed by atoms with van der Waals surface area (Å²) < 4.78 is 20.3. The molecule has 0 aliphatic rings. The monoisotopic (exact) mass is 449 g/mol. The minimum absolute atomic E-state index is 0.111. The first-order chi connectivity index (χ1) is 15.6. The lowest BCUT2D eigenvalue weighted by Gasteiger charge is -2.09. The predicted molar refractivity (Wildman–Crippen MR) is 122 cm³/mol. The molecule has 2 N–H and O–H groups in total. The average Bonchev–Trinajstić information content (AvgIpc) is 3.18. The summed E-state index contributed by atoms with van der Waals surface area (Å²) >= 11 is 1.20. The summed E-state index contributed by atoms with van der Waals surface area (Å²) in [6.45, 7) is 0.406. The Kier molecular flexibility index (Phi) is 6.53. The molecule has 162 valence electrons. The van der Waals surface area contributed by atoms with Crippen LogP contribution in [0.15, 0.2) is 66.9 Å². The molecule has 32 heavy (non-hydrogen) atoms. The van der Waals surface area contributed by atoms with Crippen molar-refractivity contribution >= 4 is 38.9 Å². The largest absolute Gasteiger partial charge is 0.380 e. The Balaban J connectivity index is 1.52. The van der Waals surface area contributed by atoms with Gasteiger partial charge in [0.05, 0.1) is 23.7 Å². The van der Waals surface area contributed by atoms with Gasteiger partial charge in [0.15, 0.2) is 0 Å². The second-order valence-electron chi connectivity index (χ2n) is 6.99. The van der Waals surface area contributed by atoms with Gasteiger partial charge >= 0.3 is 0 Å². The molecule has 0 aliphatic heterocycles. The number of hydrogen-bond donors (Lipinski definition) is 2. The molecule has 2 aromatic heterocycles. The maximum Gasteiger partial charge on any atom is 0.266 e. The fourth-order valence-corrected chi connectivity index (χ4v) is 4.45. The van der Waals surface area contributed by atoms with Gasteiger partial charge in [0.2, 0.25) is 0 Å². The molecule has 0 spiro atoms. The topological polar surface area (TPSA) is 80.3 Å². The number of aromatic nitrogens is 1. The van der Waals surface area contributed by atoms with Gasteiger partial charge in [-0.1, -0.05) is 18.2 Å². The summed E-state index contributed by atoms with van der Waals surface area (Å²) in [5.41, 5.74) is 2.11. The second-order valence-corrected chi connectivity index (χ2v) is 8.05. The SMILES string of the molecule is COCc1c(C(=O)Nc2cccc(C(=O)NCc3ccccn3)c2)sc2cccc(F)c12. The number of anilines is 1. The number of fused-ring (bicyclic) bond motifs is 1. The van der Waals surface area contributed by atoms with Crippen LogP contribution in [-0.4, -0.2) is 23.9 Å². The molecular formula is C24H20FN3O3S. The Bertz CT molecular complexity index is 1270. The van der Waals surface area contributed by atoms with Gasteiger partial charge in [0, 0.05) is 40.2 Å². The molecule has 6 nitrogen and oxygen atoms in total. The molecule has 0 aliphatic carbocycles. The minimum Gasteiger partial charge on any atom is -0.380 e. The predicted octanol–water partition coefficient (Wildman–Crippen LogP) is 4.76. The van der Waals surface area contributed by atoms with E-state index >= 15 is 0 Å². The van der Waals surface area contributed by atoms with Crippen LogP contribution in [-0.2, 0) is 17.9 Å². The first kappa shape index (κ1) is 21.6. The van der Waals surface area contributed by atoms with Crippen LogP contribution >= 0.6 is 11.3 Å². The average molecular weight is 450 g/mol. The van der Waals surface area contributed by atoms with Crippen LogP contribution < -0.4 is 10.6 Å². The molecule has 0 unspecified atom stereocenters. The van der Waals surface area contributed by atoms with E-state index in [9.17, 15) is 14.0 Å². The van der Waals surface area contributed by atoms with Crippen molar-refractivity contribution in [3.63, 3.8) is 0 Å². The molecule has 4 aromatic rings. The van der Waals surface area contributed by atoms with E-state index < -0.39 is 5.82 Å². The summed E-state index contributed by atoms with van der Waals surface area (Å²) in [5, 5.41) is 6.01. The zero-order valence-corrected chi connectivity index (χ0v) is 18.0. The van der Waals surface area contributed by atoms with E-state index in [1.165, 1.54) is 24.5 Å². The van der Waals surface area contributed by atoms with Crippen molar-refractivity contribution in [3.8, 4) is 0 Å². The van der Waals surface area contributed by atoms with Crippen LogP contribution in [0.3, 0.4) is 0 Å². The molecule has 0 bridgehead atoms. The van der Waals surface area contributed by atoms with Gasteiger partial charge in [0.25, 0.3) is 11.8 Å². The first-order valence-electron chi connectivity index (χ1n) is 9.85. The molecule has 8 heteroatoms. The van der Waals surface area contributed by atoms with Crippen molar-refractivity contribution in [3.05, 3.63) is 94.4 Å². The Morgan fingerprint density at radius 1 is 1.06 bits per heavy atom. The van der Waals surface area contributed by atoms with E-state index in [1.54, 1.807) is 48.7 Å². The van der Waals surface area contributed by atoms with Gasteiger partial charge in [-0.3, -0.25) is 14.6 Å². The lowest BCUT2D eigenvalue weighted by Crippen LogP contribution is -2.23. The highest BCUT2D eigenvalue weighted by Gasteiger charge is 2.21. The quantitative estimate of drug-likeness (QED) is 0.426. The Hall–Kier alpha value is -3.62. The number of thiophene rings is 1. The van der Waals surface area contributed by atoms with E-state index in [2.05, 4.69) is 15.6 Å². The summed E-state index contributed by atoms with van der Waals surface area (Å²) in [4.78, 5) is 30.1. The normalized spacial score (nSPS) is 10.8. The van der Waals surface area contributed by atoms with Crippen molar-refractivity contribution in [2.45, 2.75) is 13.2 Å². The molecule has 2 aromatic carbocycles. The molecule has 0 atom stereocenters. The van der Waals surface area contributed by atoms with E-state index in [1.807, 2.05) is 12.1 Å². The Labute approximate surface area is 188 Å². The number of amides is 2. The number of ether oxygens (including phenoxy) is 1. The molecule has 2 amide bonds. The number of methoxy groups -OCH3 is 1. The van der Waals surface area contributed by atoms with E-state index in [0.29, 0.717) is 38.3 Å². The van der Waals surface area contributed by atoms with Crippen molar-refractivity contribution in [1.82, 2.24) is 10.3 Å². The number of halogens is 1. The van der Waals surface area contributed by atoms with E-state index in [0.717, 1.165) is 5.69 Å². The number of carbonyl (C=O) groups is 2. The lowest BCUT2D eigenvalue weighted by molar-refractivity contribution is 0.0949. The molecule has 4 rings (SSSR count). The molecule has 0 saturated heterocycles. The zero-order chi connectivity index (χ0) is 22.5. The van der Waals surface area contributed by atoms with Gasteiger partial charge in [0.1, 0.15) is 5.82 Å². The molecule has 2 heterocycles. The summed E-state index contributed by atoms with van der Waals surface area (Å²) in [7, 11) is 1.50. The smallest absolute Gasteiger partial charge is 0.266 e.